The Balaban J connectivity index is 1.70. The molecule has 0 unspecified atom stereocenters. The van der Waals surface area contributed by atoms with Crippen molar-refractivity contribution in [2.45, 2.75) is 6.92 Å². The highest BCUT2D eigenvalue weighted by Crippen LogP contribution is 2.29. The van der Waals surface area contributed by atoms with Crippen molar-refractivity contribution in [2.75, 3.05) is 6.61 Å². The Morgan fingerprint density at radius 1 is 1.09 bits per heavy atom. The van der Waals surface area contributed by atoms with Gasteiger partial charge in [-0.05, 0) is 67.1 Å². The summed E-state index contributed by atoms with van der Waals surface area (Å²) in [6.07, 6.45) is 1.40. The lowest BCUT2D eigenvalue weighted by Crippen LogP contribution is -2.17. The standard InChI is InChI=1S/C24H18FN3O4/c1-2-31-22-13-17(15-27-28-23(29)18-10-7-16(14-26)8-11-18)9-12-21(22)32-24(30)19-5-3-4-6-20(19)25/h3-13,15H,2H2,1H3,(H,28,29)/b27-15-. The first-order valence-electron chi connectivity index (χ1n) is 9.59. The molecule has 0 radical (unpaired) electrons. The molecule has 0 aliphatic heterocycles. The minimum atomic E-state index is -0.847. The van der Waals surface area contributed by atoms with Gasteiger partial charge in [0.2, 0.25) is 0 Å². The second kappa shape index (κ2) is 10.5. The smallest absolute Gasteiger partial charge is 0.346 e. The third kappa shape index (κ3) is 5.55. The van der Waals surface area contributed by atoms with Crippen LogP contribution in [-0.4, -0.2) is 24.7 Å². The predicted octanol–water partition coefficient (Wildman–Crippen LogP) is 4.08. The summed E-state index contributed by atoms with van der Waals surface area (Å²) in [5.74, 6) is -1.58. The molecule has 0 aromatic heterocycles. The fourth-order valence-corrected chi connectivity index (χ4v) is 2.67. The number of carbonyl (C=O) groups is 2. The lowest BCUT2D eigenvalue weighted by Gasteiger charge is -2.11. The fraction of sp³-hybridized carbons (Fsp3) is 0.0833. The lowest BCUT2D eigenvalue weighted by atomic mass is 10.1. The Labute approximate surface area is 183 Å². The first kappa shape index (κ1) is 22.2. The molecule has 0 bridgehead atoms. The van der Waals surface area contributed by atoms with Crippen molar-refractivity contribution in [3.8, 4) is 17.6 Å². The van der Waals surface area contributed by atoms with Gasteiger partial charge < -0.3 is 9.47 Å². The normalized spacial score (nSPS) is 10.4. The molecule has 0 atom stereocenters. The Bertz CT molecular complexity index is 1200. The van der Waals surface area contributed by atoms with Crippen molar-refractivity contribution < 1.29 is 23.5 Å². The number of nitrogens with zero attached hydrogens (tertiary/aromatic N) is 2. The zero-order chi connectivity index (χ0) is 22.9. The van der Waals surface area contributed by atoms with Gasteiger partial charge >= 0.3 is 5.97 Å². The molecule has 1 N–H and O–H groups in total. The number of amides is 1. The van der Waals surface area contributed by atoms with E-state index >= 15 is 0 Å². The van der Waals surface area contributed by atoms with Crippen molar-refractivity contribution in [3.05, 3.63) is 94.8 Å². The number of ether oxygens (including phenoxy) is 2. The Hall–Kier alpha value is -4.51. The lowest BCUT2D eigenvalue weighted by molar-refractivity contribution is 0.0723. The van der Waals surface area contributed by atoms with E-state index in [2.05, 4.69) is 10.5 Å². The molecule has 0 heterocycles. The van der Waals surface area contributed by atoms with Gasteiger partial charge in [-0.25, -0.2) is 14.6 Å². The van der Waals surface area contributed by atoms with Crippen LogP contribution in [0.4, 0.5) is 4.39 Å². The Morgan fingerprint density at radius 3 is 2.53 bits per heavy atom. The van der Waals surface area contributed by atoms with Gasteiger partial charge in [0.25, 0.3) is 5.91 Å². The summed E-state index contributed by atoms with van der Waals surface area (Å²) < 4.78 is 24.6. The summed E-state index contributed by atoms with van der Waals surface area (Å²) in [6.45, 7) is 2.07. The topological polar surface area (TPSA) is 101 Å². The number of esters is 1. The Kier molecular flexibility index (Phi) is 7.28. The minimum absolute atomic E-state index is 0.124. The molecule has 0 fully saturated rings. The molecule has 160 valence electrons. The van der Waals surface area contributed by atoms with E-state index < -0.39 is 17.7 Å². The number of hydrogen-bond acceptors (Lipinski definition) is 6. The maximum atomic E-state index is 13.8. The summed E-state index contributed by atoms with van der Waals surface area (Å²) >= 11 is 0. The number of carbonyl (C=O) groups excluding carboxylic acids is 2. The SMILES string of the molecule is CCOc1cc(/C=N\NC(=O)c2ccc(C#N)cc2)ccc1OC(=O)c1ccccc1F. The van der Waals surface area contributed by atoms with E-state index in [4.69, 9.17) is 14.7 Å². The molecule has 3 rings (SSSR count). The van der Waals surface area contributed by atoms with Gasteiger partial charge in [0.15, 0.2) is 11.5 Å². The number of benzene rings is 3. The van der Waals surface area contributed by atoms with E-state index in [0.29, 0.717) is 23.3 Å². The van der Waals surface area contributed by atoms with E-state index in [1.165, 1.54) is 60.8 Å². The summed E-state index contributed by atoms with van der Waals surface area (Å²) in [6, 6.07) is 18.3. The summed E-state index contributed by atoms with van der Waals surface area (Å²) in [5, 5.41) is 12.7. The summed E-state index contributed by atoms with van der Waals surface area (Å²) in [5.41, 5.74) is 3.57. The summed E-state index contributed by atoms with van der Waals surface area (Å²) in [4.78, 5) is 24.4. The molecule has 0 aliphatic carbocycles. The number of hydrazone groups is 1. The molecule has 0 aliphatic rings. The molecule has 3 aromatic rings. The quantitative estimate of drug-likeness (QED) is 0.263. The van der Waals surface area contributed by atoms with E-state index in [1.807, 2.05) is 6.07 Å². The fourth-order valence-electron chi connectivity index (χ4n) is 2.67. The van der Waals surface area contributed by atoms with Crippen LogP contribution in [0.5, 0.6) is 11.5 Å². The zero-order valence-corrected chi connectivity index (χ0v) is 17.0. The molecule has 0 spiro atoms. The first-order chi connectivity index (χ1) is 15.5. The van der Waals surface area contributed by atoms with Crippen molar-refractivity contribution in [2.24, 2.45) is 5.10 Å². The van der Waals surface area contributed by atoms with Crippen LogP contribution in [-0.2, 0) is 0 Å². The second-order valence-corrected chi connectivity index (χ2v) is 6.40. The van der Waals surface area contributed by atoms with E-state index in [0.717, 1.165) is 0 Å². The molecule has 0 saturated carbocycles. The highest BCUT2D eigenvalue weighted by atomic mass is 19.1. The first-order valence-corrected chi connectivity index (χ1v) is 9.59. The molecular weight excluding hydrogens is 413 g/mol. The van der Waals surface area contributed by atoms with E-state index in [9.17, 15) is 14.0 Å². The van der Waals surface area contributed by atoms with Crippen LogP contribution in [0, 0.1) is 17.1 Å². The maximum Gasteiger partial charge on any atom is 0.346 e. The van der Waals surface area contributed by atoms with Crippen molar-refractivity contribution in [1.82, 2.24) is 5.43 Å². The third-order valence-electron chi connectivity index (χ3n) is 4.22. The van der Waals surface area contributed by atoms with Crippen LogP contribution in [0.15, 0.2) is 71.8 Å². The number of halogens is 1. The zero-order valence-electron chi connectivity index (χ0n) is 17.0. The van der Waals surface area contributed by atoms with Gasteiger partial charge in [-0.1, -0.05) is 12.1 Å². The van der Waals surface area contributed by atoms with Gasteiger partial charge in [-0.3, -0.25) is 4.79 Å². The predicted molar refractivity (Wildman–Crippen MR) is 115 cm³/mol. The molecule has 7 nitrogen and oxygen atoms in total. The van der Waals surface area contributed by atoms with Crippen molar-refractivity contribution >= 4 is 18.1 Å². The molecule has 32 heavy (non-hydrogen) atoms. The highest BCUT2D eigenvalue weighted by Gasteiger charge is 2.16. The third-order valence-corrected chi connectivity index (χ3v) is 4.22. The average molecular weight is 431 g/mol. The monoisotopic (exact) mass is 431 g/mol. The van der Waals surface area contributed by atoms with E-state index in [1.54, 1.807) is 19.1 Å². The Morgan fingerprint density at radius 2 is 1.84 bits per heavy atom. The van der Waals surface area contributed by atoms with Gasteiger partial charge in [0, 0.05) is 5.56 Å². The molecule has 1 amide bonds. The van der Waals surface area contributed by atoms with E-state index in [-0.39, 0.29) is 17.1 Å². The number of nitriles is 1. The molecule has 0 saturated heterocycles. The number of nitrogens with one attached hydrogen (secondary N) is 1. The number of rotatable bonds is 7. The van der Waals surface area contributed by atoms with Crippen LogP contribution in [0.25, 0.3) is 0 Å². The molecule has 3 aromatic carbocycles. The van der Waals surface area contributed by atoms with Crippen LogP contribution in [0.2, 0.25) is 0 Å². The van der Waals surface area contributed by atoms with Crippen molar-refractivity contribution in [3.63, 3.8) is 0 Å². The van der Waals surface area contributed by atoms with Gasteiger partial charge in [-0.2, -0.15) is 10.4 Å². The van der Waals surface area contributed by atoms with Crippen molar-refractivity contribution in [1.29, 1.82) is 5.26 Å². The van der Waals surface area contributed by atoms with Gasteiger partial charge in [-0.15, -0.1) is 0 Å². The molecule has 8 heteroatoms. The largest absolute Gasteiger partial charge is 0.490 e. The van der Waals surface area contributed by atoms with Crippen LogP contribution >= 0.6 is 0 Å². The second-order valence-electron chi connectivity index (χ2n) is 6.40. The number of hydrogen-bond donors (Lipinski definition) is 1. The maximum absolute atomic E-state index is 13.8. The van der Waals surface area contributed by atoms with Gasteiger partial charge in [0.1, 0.15) is 5.82 Å². The highest BCUT2D eigenvalue weighted by molar-refractivity contribution is 5.95. The average Bonchev–Trinajstić information content (AvgIpc) is 2.81. The minimum Gasteiger partial charge on any atom is -0.490 e. The molecular formula is C24H18FN3O4. The van der Waals surface area contributed by atoms with Crippen LogP contribution in [0.1, 0.15) is 38.8 Å². The van der Waals surface area contributed by atoms with Crippen LogP contribution in [0.3, 0.4) is 0 Å². The van der Waals surface area contributed by atoms with Gasteiger partial charge in [0.05, 0.1) is 30.0 Å². The van der Waals surface area contributed by atoms with Crippen LogP contribution < -0.4 is 14.9 Å². The summed E-state index contributed by atoms with van der Waals surface area (Å²) in [7, 11) is 0.